The van der Waals surface area contributed by atoms with Crippen LogP contribution in [-0.4, -0.2) is 45.9 Å². The van der Waals surface area contributed by atoms with E-state index in [1.165, 1.54) is 19.3 Å². The van der Waals surface area contributed by atoms with Gasteiger partial charge in [-0.2, -0.15) is 5.26 Å². The highest BCUT2D eigenvalue weighted by Gasteiger charge is 2.26. The predicted octanol–water partition coefficient (Wildman–Crippen LogP) is 1.96. The van der Waals surface area contributed by atoms with Gasteiger partial charge in [0.05, 0.1) is 6.54 Å². The fraction of sp³-hybridized carbons (Fsp3) is 0.316. The van der Waals surface area contributed by atoms with Crippen molar-refractivity contribution in [3.63, 3.8) is 0 Å². The lowest BCUT2D eigenvalue weighted by Gasteiger charge is -2.32. The number of piperidine rings is 1. The maximum atomic E-state index is 12.7. The third-order valence-corrected chi connectivity index (χ3v) is 4.08. The van der Waals surface area contributed by atoms with Crippen LogP contribution in [0.3, 0.4) is 0 Å². The van der Waals surface area contributed by atoms with E-state index in [1.54, 1.807) is 29.2 Å². The standard InChI is InChI=1S/C19H18N4O4/c1-13(24)26-15-6-4-14(5-7-15)19(25)23-10-2-3-16(12-23)27-18-17(11-20)21-8-9-22-18/h4-9,16H,2-3,10,12H2,1H3. The monoisotopic (exact) mass is 366 g/mol. The van der Waals surface area contributed by atoms with Gasteiger partial charge in [0.1, 0.15) is 17.9 Å². The fourth-order valence-electron chi connectivity index (χ4n) is 2.88. The van der Waals surface area contributed by atoms with Crippen LogP contribution in [0.5, 0.6) is 11.6 Å². The van der Waals surface area contributed by atoms with Crippen molar-refractivity contribution in [2.24, 2.45) is 0 Å². The SMILES string of the molecule is CC(=O)Oc1ccc(C(=O)N2CCCC(Oc3nccnc3C#N)C2)cc1. The van der Waals surface area contributed by atoms with Crippen LogP contribution in [0.2, 0.25) is 0 Å². The summed E-state index contributed by atoms with van der Waals surface area (Å²) < 4.78 is 10.8. The summed E-state index contributed by atoms with van der Waals surface area (Å²) >= 11 is 0. The molecule has 2 aromatic rings. The van der Waals surface area contributed by atoms with Crippen LogP contribution in [0.4, 0.5) is 0 Å². The predicted molar refractivity (Wildman–Crippen MR) is 94.1 cm³/mol. The summed E-state index contributed by atoms with van der Waals surface area (Å²) in [6.45, 7) is 2.34. The Morgan fingerprint density at radius 3 is 2.67 bits per heavy atom. The largest absolute Gasteiger partial charge is 0.470 e. The van der Waals surface area contributed by atoms with Gasteiger partial charge in [-0.25, -0.2) is 9.97 Å². The molecule has 1 amide bonds. The molecule has 0 radical (unpaired) electrons. The van der Waals surface area contributed by atoms with Gasteiger partial charge in [0.15, 0.2) is 0 Å². The molecule has 0 spiro atoms. The molecule has 27 heavy (non-hydrogen) atoms. The fourth-order valence-corrected chi connectivity index (χ4v) is 2.88. The molecular formula is C19H18N4O4. The molecule has 1 aromatic heterocycles. The summed E-state index contributed by atoms with van der Waals surface area (Å²) in [5.74, 6) is 0.0406. The Labute approximate surface area is 156 Å². The number of esters is 1. The van der Waals surface area contributed by atoms with Gasteiger partial charge < -0.3 is 14.4 Å². The first kappa shape index (κ1) is 18.3. The van der Waals surface area contributed by atoms with Crippen molar-refractivity contribution in [2.75, 3.05) is 13.1 Å². The Hall–Kier alpha value is -3.47. The Morgan fingerprint density at radius 2 is 1.96 bits per heavy atom. The number of nitriles is 1. The first-order valence-corrected chi connectivity index (χ1v) is 8.52. The molecule has 1 aliphatic rings. The minimum absolute atomic E-state index is 0.127. The van der Waals surface area contributed by atoms with Gasteiger partial charge in [-0.1, -0.05) is 0 Å². The molecule has 2 heterocycles. The number of benzene rings is 1. The minimum Gasteiger partial charge on any atom is -0.470 e. The van der Waals surface area contributed by atoms with E-state index in [0.29, 0.717) is 24.4 Å². The van der Waals surface area contributed by atoms with E-state index in [0.717, 1.165) is 12.8 Å². The lowest BCUT2D eigenvalue weighted by atomic mass is 10.1. The molecule has 1 aliphatic heterocycles. The second-order valence-corrected chi connectivity index (χ2v) is 6.07. The lowest BCUT2D eigenvalue weighted by Crippen LogP contribution is -2.44. The van der Waals surface area contributed by atoms with Crippen molar-refractivity contribution in [3.8, 4) is 17.7 Å². The summed E-state index contributed by atoms with van der Waals surface area (Å²) in [7, 11) is 0. The van der Waals surface area contributed by atoms with Crippen molar-refractivity contribution in [1.82, 2.24) is 14.9 Å². The lowest BCUT2D eigenvalue weighted by molar-refractivity contribution is -0.131. The molecule has 138 valence electrons. The van der Waals surface area contributed by atoms with E-state index in [-0.39, 0.29) is 23.6 Å². The molecule has 1 fully saturated rings. The van der Waals surface area contributed by atoms with Gasteiger partial charge >= 0.3 is 5.97 Å². The van der Waals surface area contributed by atoms with Crippen LogP contribution in [0, 0.1) is 11.3 Å². The van der Waals surface area contributed by atoms with Gasteiger partial charge in [0.2, 0.25) is 5.69 Å². The number of rotatable bonds is 4. The smallest absolute Gasteiger partial charge is 0.308 e. The molecule has 0 saturated carbocycles. The summed E-state index contributed by atoms with van der Waals surface area (Å²) in [4.78, 5) is 33.4. The summed E-state index contributed by atoms with van der Waals surface area (Å²) in [6, 6.07) is 8.38. The van der Waals surface area contributed by atoms with E-state index in [2.05, 4.69) is 9.97 Å². The zero-order valence-electron chi connectivity index (χ0n) is 14.8. The van der Waals surface area contributed by atoms with Gasteiger partial charge in [0, 0.05) is 31.4 Å². The number of carbonyl (C=O) groups is 2. The van der Waals surface area contributed by atoms with Gasteiger partial charge in [-0.3, -0.25) is 9.59 Å². The summed E-state index contributed by atoms with van der Waals surface area (Å²) in [5.41, 5.74) is 0.630. The normalized spacial score (nSPS) is 16.3. The summed E-state index contributed by atoms with van der Waals surface area (Å²) in [5, 5.41) is 9.09. The number of carbonyl (C=O) groups excluding carboxylic acids is 2. The van der Waals surface area contributed by atoms with Gasteiger partial charge in [-0.15, -0.1) is 0 Å². The van der Waals surface area contributed by atoms with Crippen LogP contribution >= 0.6 is 0 Å². The first-order valence-electron chi connectivity index (χ1n) is 8.52. The van der Waals surface area contributed by atoms with E-state index in [4.69, 9.17) is 14.7 Å². The first-order chi connectivity index (χ1) is 13.1. The Balaban J connectivity index is 1.66. The number of aromatic nitrogens is 2. The molecule has 8 nitrogen and oxygen atoms in total. The molecule has 1 aromatic carbocycles. The highest BCUT2D eigenvalue weighted by Crippen LogP contribution is 2.21. The van der Waals surface area contributed by atoms with Crippen LogP contribution in [0.15, 0.2) is 36.7 Å². The molecule has 0 aliphatic carbocycles. The molecule has 1 saturated heterocycles. The van der Waals surface area contributed by atoms with Crippen LogP contribution in [0.25, 0.3) is 0 Å². The van der Waals surface area contributed by atoms with Gasteiger partial charge in [0.25, 0.3) is 11.8 Å². The summed E-state index contributed by atoms with van der Waals surface area (Å²) in [6.07, 6.45) is 4.18. The van der Waals surface area contributed by atoms with Crippen molar-refractivity contribution in [1.29, 1.82) is 5.26 Å². The highest BCUT2D eigenvalue weighted by atomic mass is 16.5. The zero-order chi connectivity index (χ0) is 19.2. The number of amides is 1. The van der Waals surface area contributed by atoms with E-state index >= 15 is 0 Å². The topological polar surface area (TPSA) is 105 Å². The average molecular weight is 366 g/mol. The number of likely N-dealkylation sites (tertiary alicyclic amines) is 1. The Kier molecular flexibility index (Phi) is 5.61. The minimum atomic E-state index is -0.411. The Bertz CT molecular complexity index is 876. The quantitative estimate of drug-likeness (QED) is 0.601. The van der Waals surface area contributed by atoms with E-state index < -0.39 is 5.97 Å². The van der Waals surface area contributed by atoms with Crippen molar-refractivity contribution < 1.29 is 19.1 Å². The number of hydrogen-bond donors (Lipinski definition) is 0. The molecule has 0 bridgehead atoms. The van der Waals surface area contributed by atoms with Crippen molar-refractivity contribution in [2.45, 2.75) is 25.9 Å². The molecule has 1 unspecified atom stereocenters. The van der Waals surface area contributed by atoms with E-state index in [9.17, 15) is 9.59 Å². The van der Waals surface area contributed by atoms with Crippen molar-refractivity contribution in [3.05, 3.63) is 47.9 Å². The second kappa shape index (κ2) is 8.27. The third-order valence-electron chi connectivity index (χ3n) is 4.08. The maximum Gasteiger partial charge on any atom is 0.308 e. The van der Waals surface area contributed by atoms with E-state index in [1.807, 2.05) is 6.07 Å². The zero-order valence-corrected chi connectivity index (χ0v) is 14.8. The molecular weight excluding hydrogens is 348 g/mol. The maximum absolute atomic E-state index is 12.7. The molecule has 3 rings (SSSR count). The van der Waals surface area contributed by atoms with Gasteiger partial charge in [-0.05, 0) is 37.1 Å². The molecule has 1 atom stereocenters. The Morgan fingerprint density at radius 1 is 1.22 bits per heavy atom. The number of ether oxygens (including phenoxy) is 2. The van der Waals surface area contributed by atoms with Crippen LogP contribution < -0.4 is 9.47 Å². The average Bonchev–Trinajstić information content (AvgIpc) is 2.68. The molecule has 8 heteroatoms. The number of hydrogen-bond acceptors (Lipinski definition) is 7. The number of nitrogens with zero attached hydrogens (tertiary/aromatic N) is 4. The third kappa shape index (κ3) is 4.58. The van der Waals surface area contributed by atoms with Crippen molar-refractivity contribution >= 4 is 11.9 Å². The van der Waals surface area contributed by atoms with Crippen LogP contribution in [-0.2, 0) is 4.79 Å². The van der Waals surface area contributed by atoms with Crippen LogP contribution in [0.1, 0.15) is 35.8 Å². The molecule has 0 N–H and O–H groups in total. The second-order valence-electron chi connectivity index (χ2n) is 6.07. The highest BCUT2D eigenvalue weighted by molar-refractivity contribution is 5.94.